The summed E-state index contributed by atoms with van der Waals surface area (Å²) in [4.78, 5) is 13.3. The fourth-order valence-corrected chi connectivity index (χ4v) is 3.32. The summed E-state index contributed by atoms with van der Waals surface area (Å²) in [6.07, 6.45) is 0. The number of carbonyl (C=O) groups excluding carboxylic acids is 1. The average Bonchev–Trinajstić information content (AvgIpc) is 2.58. The highest BCUT2D eigenvalue weighted by atomic mass is 32.2. The predicted molar refractivity (Wildman–Crippen MR) is 93.9 cm³/mol. The molecule has 6 nitrogen and oxygen atoms in total. The second-order valence-corrected chi connectivity index (χ2v) is 7.55. The molecule has 0 unspecified atom stereocenters. The van der Waals surface area contributed by atoms with Crippen LogP contribution in [0.15, 0.2) is 58.3 Å². The van der Waals surface area contributed by atoms with Crippen molar-refractivity contribution in [1.82, 2.24) is 5.32 Å². The molecule has 8 heteroatoms. The van der Waals surface area contributed by atoms with Gasteiger partial charge in [-0.25, -0.2) is 13.6 Å². The van der Waals surface area contributed by atoms with Crippen LogP contribution in [0.25, 0.3) is 0 Å². The minimum atomic E-state index is -3.88. The van der Waals surface area contributed by atoms with E-state index < -0.39 is 15.9 Å². The number of sulfonamides is 1. The maximum absolute atomic E-state index is 12.3. The van der Waals surface area contributed by atoms with E-state index in [1.807, 2.05) is 30.3 Å². The molecule has 24 heavy (non-hydrogen) atoms. The number of nitrogens with one attached hydrogen (secondary N) is 1. The van der Waals surface area contributed by atoms with Gasteiger partial charge in [-0.3, -0.25) is 4.79 Å². The molecule has 128 valence electrons. The van der Waals surface area contributed by atoms with Gasteiger partial charge in [0.15, 0.2) is 0 Å². The molecule has 0 aliphatic carbocycles. The lowest BCUT2D eigenvalue weighted by Gasteiger charge is -2.10. The largest absolute Gasteiger partial charge is 0.496 e. The number of primary sulfonamides is 1. The summed E-state index contributed by atoms with van der Waals surface area (Å²) in [5.41, 5.74) is 0.133. The molecular formula is C16H18N2O4S2. The molecule has 2 aromatic rings. The third-order valence-electron chi connectivity index (χ3n) is 3.14. The van der Waals surface area contributed by atoms with Crippen molar-refractivity contribution in [2.45, 2.75) is 9.79 Å². The highest BCUT2D eigenvalue weighted by Gasteiger charge is 2.17. The van der Waals surface area contributed by atoms with E-state index in [9.17, 15) is 13.2 Å². The Morgan fingerprint density at radius 2 is 1.92 bits per heavy atom. The van der Waals surface area contributed by atoms with Crippen LogP contribution >= 0.6 is 11.8 Å². The van der Waals surface area contributed by atoms with Crippen LogP contribution in [0.2, 0.25) is 0 Å². The van der Waals surface area contributed by atoms with Crippen molar-refractivity contribution in [2.75, 3.05) is 19.4 Å². The van der Waals surface area contributed by atoms with Gasteiger partial charge in [0, 0.05) is 17.2 Å². The molecule has 1 amide bonds. The molecule has 0 saturated carbocycles. The number of thioether (sulfide) groups is 1. The molecule has 0 aliphatic heterocycles. The quantitative estimate of drug-likeness (QED) is 0.576. The van der Waals surface area contributed by atoms with Crippen LogP contribution in [0.4, 0.5) is 0 Å². The SMILES string of the molecule is COc1ccc(S(N)(=O)=O)cc1C(=O)NCCSc1ccccc1. The summed E-state index contributed by atoms with van der Waals surface area (Å²) in [7, 11) is -2.47. The average molecular weight is 366 g/mol. The summed E-state index contributed by atoms with van der Waals surface area (Å²) >= 11 is 1.61. The third-order valence-corrected chi connectivity index (χ3v) is 5.07. The number of rotatable bonds is 7. The molecule has 0 fully saturated rings. The fraction of sp³-hybridized carbons (Fsp3) is 0.188. The van der Waals surface area contributed by atoms with E-state index in [1.165, 1.54) is 25.3 Å². The Morgan fingerprint density at radius 3 is 2.54 bits per heavy atom. The van der Waals surface area contributed by atoms with Gasteiger partial charge in [-0.1, -0.05) is 18.2 Å². The lowest BCUT2D eigenvalue weighted by Crippen LogP contribution is -2.26. The number of methoxy groups -OCH3 is 1. The van der Waals surface area contributed by atoms with E-state index in [4.69, 9.17) is 9.88 Å². The number of benzene rings is 2. The van der Waals surface area contributed by atoms with Gasteiger partial charge in [-0.05, 0) is 30.3 Å². The monoisotopic (exact) mass is 366 g/mol. The van der Waals surface area contributed by atoms with E-state index in [-0.39, 0.29) is 16.2 Å². The summed E-state index contributed by atoms with van der Waals surface area (Å²) in [5, 5.41) is 7.85. The van der Waals surface area contributed by atoms with Crippen LogP contribution in [-0.4, -0.2) is 33.7 Å². The minimum Gasteiger partial charge on any atom is -0.496 e. The summed E-state index contributed by atoms with van der Waals surface area (Å²) in [5.74, 6) is 0.564. The Kier molecular flexibility index (Phi) is 6.24. The summed E-state index contributed by atoms with van der Waals surface area (Å²) in [6, 6.07) is 13.7. The molecule has 3 N–H and O–H groups in total. The lowest BCUT2D eigenvalue weighted by molar-refractivity contribution is 0.0953. The number of amides is 1. The Labute approximate surface area is 145 Å². The van der Waals surface area contributed by atoms with Gasteiger partial charge in [0.25, 0.3) is 5.91 Å². The van der Waals surface area contributed by atoms with Crippen molar-refractivity contribution >= 4 is 27.7 Å². The van der Waals surface area contributed by atoms with Crippen LogP contribution in [0.5, 0.6) is 5.75 Å². The maximum Gasteiger partial charge on any atom is 0.255 e. The van der Waals surface area contributed by atoms with Crippen LogP contribution in [0.1, 0.15) is 10.4 Å². The number of nitrogens with two attached hydrogens (primary N) is 1. The second kappa shape index (κ2) is 8.18. The molecule has 0 heterocycles. The zero-order valence-corrected chi connectivity index (χ0v) is 14.7. The zero-order valence-electron chi connectivity index (χ0n) is 13.1. The lowest BCUT2D eigenvalue weighted by atomic mass is 10.2. The molecule has 0 saturated heterocycles. The van der Waals surface area contributed by atoms with Crippen molar-refractivity contribution in [2.24, 2.45) is 5.14 Å². The Morgan fingerprint density at radius 1 is 1.21 bits per heavy atom. The first-order valence-electron chi connectivity index (χ1n) is 7.08. The number of ether oxygens (including phenoxy) is 1. The van der Waals surface area contributed by atoms with Gasteiger partial charge in [0.1, 0.15) is 5.75 Å². The van der Waals surface area contributed by atoms with Crippen LogP contribution in [0.3, 0.4) is 0 Å². The van der Waals surface area contributed by atoms with Gasteiger partial charge in [0.2, 0.25) is 10.0 Å². The normalized spacial score (nSPS) is 11.1. The first kappa shape index (κ1) is 18.3. The predicted octanol–water partition coefficient (Wildman–Crippen LogP) is 1.86. The molecule has 0 atom stereocenters. The molecule has 0 spiro atoms. The first-order chi connectivity index (χ1) is 11.4. The van der Waals surface area contributed by atoms with Gasteiger partial charge in [-0.2, -0.15) is 0 Å². The van der Waals surface area contributed by atoms with Gasteiger partial charge < -0.3 is 10.1 Å². The van der Waals surface area contributed by atoms with Gasteiger partial charge in [0.05, 0.1) is 17.6 Å². The van der Waals surface area contributed by atoms with Crippen LogP contribution < -0.4 is 15.2 Å². The molecule has 2 aromatic carbocycles. The maximum atomic E-state index is 12.3. The number of carbonyl (C=O) groups is 1. The number of hydrogen-bond acceptors (Lipinski definition) is 5. The van der Waals surface area contributed by atoms with Crippen LogP contribution in [-0.2, 0) is 10.0 Å². The van der Waals surface area contributed by atoms with Gasteiger partial charge in [-0.15, -0.1) is 11.8 Å². The Bertz CT molecular complexity index is 808. The topological polar surface area (TPSA) is 98.5 Å². The zero-order chi connectivity index (χ0) is 17.6. The van der Waals surface area contributed by atoms with E-state index in [1.54, 1.807) is 11.8 Å². The van der Waals surface area contributed by atoms with Crippen molar-refractivity contribution < 1.29 is 17.9 Å². The Balaban J connectivity index is 2.01. The van der Waals surface area contributed by atoms with E-state index in [2.05, 4.69) is 5.32 Å². The van der Waals surface area contributed by atoms with Gasteiger partial charge >= 0.3 is 0 Å². The molecule has 0 aromatic heterocycles. The van der Waals surface area contributed by atoms with Crippen molar-refractivity contribution in [3.8, 4) is 5.75 Å². The number of hydrogen-bond donors (Lipinski definition) is 2. The highest BCUT2D eigenvalue weighted by Crippen LogP contribution is 2.22. The molecule has 0 radical (unpaired) electrons. The summed E-state index contributed by atoms with van der Waals surface area (Å²) in [6.45, 7) is 0.432. The van der Waals surface area contributed by atoms with E-state index in [0.29, 0.717) is 12.3 Å². The molecule has 0 bridgehead atoms. The van der Waals surface area contributed by atoms with Crippen molar-refractivity contribution in [3.05, 3.63) is 54.1 Å². The van der Waals surface area contributed by atoms with E-state index >= 15 is 0 Å². The molecular weight excluding hydrogens is 348 g/mol. The molecule has 2 rings (SSSR count). The van der Waals surface area contributed by atoms with E-state index in [0.717, 1.165) is 4.90 Å². The van der Waals surface area contributed by atoms with Crippen molar-refractivity contribution in [3.63, 3.8) is 0 Å². The summed E-state index contributed by atoms with van der Waals surface area (Å²) < 4.78 is 28.0. The highest BCUT2D eigenvalue weighted by molar-refractivity contribution is 7.99. The first-order valence-corrected chi connectivity index (χ1v) is 9.62. The molecule has 0 aliphatic rings. The Hall–Kier alpha value is -2.03. The van der Waals surface area contributed by atoms with Crippen LogP contribution in [0, 0.1) is 0 Å². The van der Waals surface area contributed by atoms with Crippen molar-refractivity contribution in [1.29, 1.82) is 0 Å². The smallest absolute Gasteiger partial charge is 0.255 e. The standard InChI is InChI=1S/C16H18N2O4S2/c1-22-15-8-7-13(24(17,20)21)11-14(15)16(19)18-9-10-23-12-5-3-2-4-6-12/h2-8,11H,9-10H2,1H3,(H,18,19)(H2,17,20,21). The third kappa shape index (κ3) is 4.98. The fourth-order valence-electron chi connectivity index (χ4n) is 1.99. The minimum absolute atomic E-state index is 0.132. The second-order valence-electron chi connectivity index (χ2n) is 4.82.